The van der Waals surface area contributed by atoms with E-state index in [1.807, 2.05) is 32.0 Å². The standard InChI is InChI=1S/C20H20O3/c1-11(2)20(22)23-19-15-8-6-12(3)9-16(15)18(21)14-7-5-13(4)10-17(14)19/h5-6,8-9,21H,1,7,10H2,2-4H3. The zero-order valence-corrected chi connectivity index (χ0v) is 13.7. The van der Waals surface area contributed by atoms with Gasteiger partial charge in [0.15, 0.2) is 0 Å². The maximum absolute atomic E-state index is 12.1. The quantitative estimate of drug-likeness (QED) is 0.387. The maximum atomic E-state index is 12.1. The van der Waals surface area contributed by atoms with Crippen molar-refractivity contribution in [3.8, 4) is 11.5 Å². The van der Waals surface area contributed by atoms with E-state index >= 15 is 0 Å². The van der Waals surface area contributed by atoms with Crippen LogP contribution in [0.3, 0.4) is 0 Å². The molecule has 0 heterocycles. The van der Waals surface area contributed by atoms with E-state index in [4.69, 9.17) is 4.74 Å². The van der Waals surface area contributed by atoms with Crippen LogP contribution >= 0.6 is 0 Å². The molecule has 0 saturated carbocycles. The maximum Gasteiger partial charge on any atom is 0.338 e. The Labute approximate surface area is 135 Å². The number of hydrogen-bond acceptors (Lipinski definition) is 3. The number of carbonyl (C=O) groups is 1. The van der Waals surface area contributed by atoms with Crippen molar-refractivity contribution in [2.75, 3.05) is 0 Å². The van der Waals surface area contributed by atoms with Gasteiger partial charge in [-0.05, 0) is 39.7 Å². The number of fused-ring (bicyclic) bond motifs is 2. The second kappa shape index (κ2) is 5.58. The molecule has 3 heteroatoms. The van der Waals surface area contributed by atoms with Crippen LogP contribution in [0.5, 0.6) is 11.5 Å². The summed E-state index contributed by atoms with van der Waals surface area (Å²) in [4.78, 5) is 12.1. The Balaban J connectivity index is 2.31. The number of benzene rings is 2. The van der Waals surface area contributed by atoms with Gasteiger partial charge in [0.1, 0.15) is 11.5 Å². The van der Waals surface area contributed by atoms with Gasteiger partial charge in [0, 0.05) is 27.5 Å². The normalized spacial score (nSPS) is 13.4. The molecule has 0 saturated heterocycles. The molecule has 0 amide bonds. The van der Waals surface area contributed by atoms with Crippen molar-refractivity contribution in [2.24, 2.45) is 0 Å². The van der Waals surface area contributed by atoms with E-state index in [2.05, 4.69) is 12.7 Å². The fraction of sp³-hybridized carbons (Fsp3) is 0.250. The highest BCUT2D eigenvalue weighted by molar-refractivity contribution is 5.99. The number of esters is 1. The van der Waals surface area contributed by atoms with E-state index in [0.29, 0.717) is 24.2 Å². The van der Waals surface area contributed by atoms with Crippen molar-refractivity contribution in [2.45, 2.75) is 33.6 Å². The van der Waals surface area contributed by atoms with Crippen LogP contribution in [-0.2, 0) is 17.6 Å². The minimum atomic E-state index is -0.438. The number of allylic oxidation sites excluding steroid dienone is 2. The second-order valence-electron chi connectivity index (χ2n) is 6.29. The third kappa shape index (κ3) is 2.63. The van der Waals surface area contributed by atoms with Gasteiger partial charge in [-0.3, -0.25) is 0 Å². The summed E-state index contributed by atoms with van der Waals surface area (Å²) in [6, 6.07) is 5.78. The first-order chi connectivity index (χ1) is 10.9. The van der Waals surface area contributed by atoms with E-state index in [0.717, 1.165) is 27.5 Å². The summed E-state index contributed by atoms with van der Waals surface area (Å²) >= 11 is 0. The van der Waals surface area contributed by atoms with Crippen molar-refractivity contribution < 1.29 is 14.6 Å². The van der Waals surface area contributed by atoms with Crippen LogP contribution in [0, 0.1) is 6.92 Å². The Morgan fingerprint density at radius 2 is 1.96 bits per heavy atom. The number of phenolic OH excluding ortho intramolecular Hbond substituents is 1. The first kappa shape index (κ1) is 15.3. The Kier molecular flexibility index (Phi) is 3.72. The lowest BCUT2D eigenvalue weighted by Gasteiger charge is -2.22. The number of ether oxygens (including phenoxy) is 1. The highest BCUT2D eigenvalue weighted by Gasteiger charge is 2.24. The van der Waals surface area contributed by atoms with Crippen molar-refractivity contribution >= 4 is 16.7 Å². The molecule has 0 fully saturated rings. The zero-order valence-electron chi connectivity index (χ0n) is 13.7. The average molecular weight is 308 g/mol. The molecule has 2 aromatic carbocycles. The minimum Gasteiger partial charge on any atom is -0.507 e. The third-order valence-corrected chi connectivity index (χ3v) is 4.25. The molecular weight excluding hydrogens is 288 g/mol. The van der Waals surface area contributed by atoms with Gasteiger partial charge in [0.2, 0.25) is 0 Å². The van der Waals surface area contributed by atoms with Crippen molar-refractivity contribution in [1.29, 1.82) is 0 Å². The van der Waals surface area contributed by atoms with Crippen LogP contribution < -0.4 is 4.74 Å². The van der Waals surface area contributed by atoms with Crippen molar-refractivity contribution in [3.63, 3.8) is 0 Å². The van der Waals surface area contributed by atoms with Gasteiger partial charge >= 0.3 is 5.97 Å². The molecule has 3 nitrogen and oxygen atoms in total. The number of aryl methyl sites for hydroxylation is 1. The average Bonchev–Trinajstić information content (AvgIpc) is 2.51. The Morgan fingerprint density at radius 3 is 2.65 bits per heavy atom. The summed E-state index contributed by atoms with van der Waals surface area (Å²) in [6.45, 7) is 9.31. The first-order valence-corrected chi connectivity index (χ1v) is 7.69. The topological polar surface area (TPSA) is 46.5 Å². The molecule has 0 aliphatic heterocycles. The van der Waals surface area contributed by atoms with Crippen LogP contribution in [0.1, 0.15) is 30.5 Å². The molecule has 2 aromatic rings. The SMILES string of the molecule is C=C(C)C(=O)Oc1c2c(c(O)c3cc(C)ccc13)CC=C(C)C2. The molecule has 0 spiro atoms. The number of phenols is 1. The van der Waals surface area contributed by atoms with Gasteiger partial charge in [0.05, 0.1) is 0 Å². The molecule has 0 radical (unpaired) electrons. The zero-order chi connectivity index (χ0) is 16.7. The summed E-state index contributed by atoms with van der Waals surface area (Å²) in [5.74, 6) is 0.401. The molecule has 23 heavy (non-hydrogen) atoms. The lowest BCUT2D eigenvalue weighted by Crippen LogP contribution is -2.13. The lowest BCUT2D eigenvalue weighted by atomic mass is 9.87. The molecule has 1 aliphatic carbocycles. The predicted octanol–water partition coefficient (Wildman–Crippen LogP) is 4.38. The van der Waals surface area contributed by atoms with Crippen LogP contribution in [0.25, 0.3) is 10.8 Å². The summed E-state index contributed by atoms with van der Waals surface area (Å²) in [6.07, 6.45) is 3.42. The number of carbonyl (C=O) groups excluding carboxylic acids is 1. The Hall–Kier alpha value is -2.55. The fourth-order valence-electron chi connectivity index (χ4n) is 2.99. The van der Waals surface area contributed by atoms with Gasteiger partial charge in [0.25, 0.3) is 0 Å². The van der Waals surface area contributed by atoms with Gasteiger partial charge in [-0.25, -0.2) is 4.79 Å². The van der Waals surface area contributed by atoms with Gasteiger partial charge in [-0.1, -0.05) is 35.9 Å². The van der Waals surface area contributed by atoms with Crippen LogP contribution in [0.15, 0.2) is 42.0 Å². The monoisotopic (exact) mass is 308 g/mol. The van der Waals surface area contributed by atoms with Crippen molar-refractivity contribution in [3.05, 3.63) is 58.7 Å². The van der Waals surface area contributed by atoms with Crippen LogP contribution in [0.2, 0.25) is 0 Å². The molecule has 1 N–H and O–H groups in total. The largest absolute Gasteiger partial charge is 0.507 e. The highest BCUT2D eigenvalue weighted by Crippen LogP contribution is 2.43. The summed E-state index contributed by atoms with van der Waals surface area (Å²) < 4.78 is 5.65. The molecule has 0 aromatic heterocycles. The lowest BCUT2D eigenvalue weighted by molar-refractivity contribution is -0.130. The molecular formula is C20H20O3. The minimum absolute atomic E-state index is 0.289. The molecule has 3 rings (SSSR count). The highest BCUT2D eigenvalue weighted by atomic mass is 16.5. The first-order valence-electron chi connectivity index (χ1n) is 7.69. The third-order valence-electron chi connectivity index (χ3n) is 4.25. The van der Waals surface area contributed by atoms with Gasteiger partial charge < -0.3 is 9.84 Å². The molecule has 0 bridgehead atoms. The summed E-state index contributed by atoms with van der Waals surface area (Å²) in [5.41, 5.74) is 4.35. The summed E-state index contributed by atoms with van der Waals surface area (Å²) in [5, 5.41) is 12.2. The van der Waals surface area contributed by atoms with E-state index in [1.54, 1.807) is 6.92 Å². The predicted molar refractivity (Wildman–Crippen MR) is 92.0 cm³/mol. The van der Waals surface area contributed by atoms with E-state index < -0.39 is 5.97 Å². The summed E-state index contributed by atoms with van der Waals surface area (Å²) in [7, 11) is 0. The van der Waals surface area contributed by atoms with Crippen LogP contribution in [-0.4, -0.2) is 11.1 Å². The number of rotatable bonds is 2. The number of aromatic hydroxyl groups is 1. The van der Waals surface area contributed by atoms with E-state index in [1.165, 1.54) is 5.57 Å². The molecule has 118 valence electrons. The Bertz CT molecular complexity index is 872. The van der Waals surface area contributed by atoms with Gasteiger partial charge in [-0.2, -0.15) is 0 Å². The molecule has 0 unspecified atom stereocenters. The smallest absolute Gasteiger partial charge is 0.338 e. The van der Waals surface area contributed by atoms with E-state index in [-0.39, 0.29) is 5.75 Å². The molecule has 0 atom stereocenters. The van der Waals surface area contributed by atoms with Crippen LogP contribution in [0.4, 0.5) is 0 Å². The van der Waals surface area contributed by atoms with Crippen molar-refractivity contribution in [1.82, 2.24) is 0 Å². The fourth-order valence-corrected chi connectivity index (χ4v) is 2.99. The molecule has 1 aliphatic rings. The number of hydrogen-bond donors (Lipinski definition) is 1. The van der Waals surface area contributed by atoms with E-state index in [9.17, 15) is 9.90 Å². The Morgan fingerprint density at radius 1 is 1.22 bits per heavy atom. The second-order valence-corrected chi connectivity index (χ2v) is 6.29. The van der Waals surface area contributed by atoms with Gasteiger partial charge in [-0.15, -0.1) is 0 Å².